The fourth-order valence-electron chi connectivity index (χ4n) is 4.97. The number of hydrogen-bond acceptors (Lipinski definition) is 9. The summed E-state index contributed by atoms with van der Waals surface area (Å²) in [5.41, 5.74) is 8.37. The molecule has 0 amide bonds. The number of hydrogen-bond donors (Lipinski definition) is 5. The molecule has 0 aliphatic carbocycles. The smallest absolute Gasteiger partial charge is 0.321 e. The van der Waals surface area contributed by atoms with Crippen molar-refractivity contribution < 1.29 is 39.6 Å². The number of nitrogens with zero attached hydrogens (tertiary/aromatic N) is 4. The number of carboxylic acids is 4. The molecule has 3 rings (SSSR count). The Balaban J connectivity index is 1.95. The summed E-state index contributed by atoms with van der Waals surface area (Å²) in [5.74, 6) is -4.66. The van der Waals surface area contributed by atoms with Crippen molar-refractivity contribution in [3.63, 3.8) is 0 Å². The molecule has 41 heavy (non-hydrogen) atoms. The molecule has 222 valence electrons. The van der Waals surface area contributed by atoms with Gasteiger partial charge in [0.2, 0.25) is 0 Å². The quantitative estimate of drug-likeness (QED) is 0.240. The summed E-state index contributed by atoms with van der Waals surface area (Å²) in [7, 11) is 0. The van der Waals surface area contributed by atoms with Crippen LogP contribution in [0.15, 0.2) is 42.5 Å². The van der Waals surface area contributed by atoms with E-state index in [2.05, 4.69) is 4.98 Å². The third-order valence-corrected chi connectivity index (χ3v) is 7.35. The fourth-order valence-corrected chi connectivity index (χ4v) is 4.97. The van der Waals surface area contributed by atoms with E-state index in [0.29, 0.717) is 29.9 Å². The molecule has 13 nitrogen and oxygen atoms in total. The molecule has 13 heteroatoms. The number of nitrogen functional groups attached to an aromatic ring is 1. The zero-order valence-corrected chi connectivity index (χ0v) is 22.9. The van der Waals surface area contributed by atoms with Crippen LogP contribution in [-0.2, 0) is 38.7 Å². The number of aromatic nitrogens is 1. The van der Waals surface area contributed by atoms with Crippen LogP contribution in [0.4, 0.5) is 5.69 Å². The van der Waals surface area contributed by atoms with Crippen LogP contribution in [0.25, 0.3) is 0 Å². The Labute approximate surface area is 237 Å². The Morgan fingerprint density at radius 3 is 1.78 bits per heavy atom. The molecule has 2 aromatic rings. The number of rotatable bonds is 11. The van der Waals surface area contributed by atoms with Gasteiger partial charge in [-0.1, -0.05) is 18.2 Å². The summed E-state index contributed by atoms with van der Waals surface area (Å²) in [5, 5.41) is 39.1. The van der Waals surface area contributed by atoms with Gasteiger partial charge in [-0.25, -0.2) is 0 Å². The van der Waals surface area contributed by atoms with Crippen LogP contribution in [0.2, 0.25) is 0 Å². The monoisotopic (exact) mass is 571 g/mol. The number of aryl methyl sites for hydroxylation is 1. The third-order valence-electron chi connectivity index (χ3n) is 7.35. The minimum absolute atomic E-state index is 0.0207. The first-order valence-electron chi connectivity index (χ1n) is 13.4. The van der Waals surface area contributed by atoms with Gasteiger partial charge in [-0.05, 0) is 49.6 Å². The van der Waals surface area contributed by atoms with E-state index < -0.39 is 48.4 Å². The normalized spacial score (nSPS) is 17.9. The van der Waals surface area contributed by atoms with Crippen molar-refractivity contribution in [2.75, 3.05) is 31.9 Å². The minimum Gasteiger partial charge on any atom is -0.481 e. The Kier molecular flexibility index (Phi) is 11.1. The van der Waals surface area contributed by atoms with Gasteiger partial charge < -0.3 is 26.2 Å². The first-order chi connectivity index (χ1) is 19.4. The predicted molar refractivity (Wildman–Crippen MR) is 148 cm³/mol. The first-order valence-corrected chi connectivity index (χ1v) is 13.4. The van der Waals surface area contributed by atoms with E-state index in [4.69, 9.17) is 5.73 Å². The van der Waals surface area contributed by atoms with Crippen LogP contribution in [-0.4, -0.2) is 108 Å². The highest BCUT2D eigenvalue weighted by Gasteiger charge is 2.32. The lowest BCUT2D eigenvalue weighted by Crippen LogP contribution is -2.51. The minimum atomic E-state index is -1.34. The van der Waals surface area contributed by atoms with Crippen LogP contribution in [0.1, 0.15) is 36.7 Å². The van der Waals surface area contributed by atoms with E-state index in [-0.39, 0.29) is 39.3 Å². The Hall–Kier alpha value is -4.07. The third kappa shape index (κ3) is 9.23. The molecule has 0 saturated heterocycles. The number of benzene rings is 1. The fraction of sp³-hybridized carbons (Fsp3) is 0.464. The molecule has 0 saturated carbocycles. The van der Waals surface area contributed by atoms with Crippen molar-refractivity contribution in [2.45, 2.75) is 57.4 Å². The molecule has 1 aliphatic heterocycles. The highest BCUT2D eigenvalue weighted by molar-refractivity contribution is 5.80. The van der Waals surface area contributed by atoms with Gasteiger partial charge in [0.15, 0.2) is 0 Å². The van der Waals surface area contributed by atoms with E-state index in [1.54, 1.807) is 40.1 Å². The van der Waals surface area contributed by atoms with Gasteiger partial charge in [-0.2, -0.15) is 0 Å². The van der Waals surface area contributed by atoms with Gasteiger partial charge in [0.25, 0.3) is 0 Å². The number of nitrogens with two attached hydrogens (primary N) is 1. The van der Waals surface area contributed by atoms with Crippen molar-refractivity contribution >= 4 is 29.6 Å². The van der Waals surface area contributed by atoms with Crippen molar-refractivity contribution in [3.05, 3.63) is 59.4 Å². The van der Waals surface area contributed by atoms with Crippen LogP contribution in [0.3, 0.4) is 0 Å². The molecule has 1 aromatic heterocycles. The van der Waals surface area contributed by atoms with Gasteiger partial charge in [-0.15, -0.1) is 0 Å². The summed E-state index contributed by atoms with van der Waals surface area (Å²) in [6.07, 6.45) is 0.161. The second kappa shape index (κ2) is 14.5. The molecule has 2 bridgehead atoms. The lowest BCUT2D eigenvalue weighted by Gasteiger charge is -2.36. The maximum Gasteiger partial charge on any atom is 0.321 e. The molecule has 0 spiro atoms. The average molecular weight is 572 g/mol. The second-order valence-electron chi connectivity index (χ2n) is 10.2. The number of carbonyl (C=O) groups is 4. The Bertz CT molecular complexity index is 1220. The van der Waals surface area contributed by atoms with Gasteiger partial charge >= 0.3 is 23.9 Å². The molecule has 3 atom stereocenters. The van der Waals surface area contributed by atoms with Crippen molar-refractivity contribution in [3.8, 4) is 0 Å². The van der Waals surface area contributed by atoms with Gasteiger partial charge in [-0.3, -0.25) is 38.9 Å². The highest BCUT2D eigenvalue weighted by Crippen LogP contribution is 2.18. The van der Waals surface area contributed by atoms with Gasteiger partial charge in [0.05, 0.1) is 17.8 Å². The second-order valence-corrected chi connectivity index (χ2v) is 10.2. The van der Waals surface area contributed by atoms with Crippen LogP contribution >= 0.6 is 0 Å². The van der Waals surface area contributed by atoms with E-state index in [0.717, 1.165) is 5.56 Å². The molecular formula is C28H37N5O8. The largest absolute Gasteiger partial charge is 0.481 e. The molecule has 1 aromatic carbocycles. The molecule has 6 N–H and O–H groups in total. The lowest BCUT2D eigenvalue weighted by molar-refractivity contribution is -0.150. The topological polar surface area (TPSA) is 198 Å². The summed E-state index contributed by atoms with van der Waals surface area (Å²) in [6.45, 7) is 2.27. The number of fused-ring (bicyclic) bond motifs is 2. The van der Waals surface area contributed by atoms with Crippen LogP contribution in [0.5, 0.6) is 0 Å². The van der Waals surface area contributed by atoms with E-state index in [9.17, 15) is 39.6 Å². The van der Waals surface area contributed by atoms with Crippen molar-refractivity contribution in [2.24, 2.45) is 0 Å². The first kappa shape index (κ1) is 31.5. The highest BCUT2D eigenvalue weighted by atomic mass is 16.4. The predicted octanol–water partition coefficient (Wildman–Crippen LogP) is 1.07. The number of aliphatic carboxylic acids is 4. The van der Waals surface area contributed by atoms with Crippen molar-refractivity contribution in [1.82, 2.24) is 19.7 Å². The summed E-state index contributed by atoms with van der Waals surface area (Å²) < 4.78 is 0. The van der Waals surface area contributed by atoms with Crippen molar-refractivity contribution in [1.29, 1.82) is 0 Å². The van der Waals surface area contributed by atoms with Gasteiger partial charge in [0.1, 0.15) is 18.1 Å². The lowest BCUT2D eigenvalue weighted by atomic mass is 10.0. The Morgan fingerprint density at radius 1 is 0.780 bits per heavy atom. The Morgan fingerprint density at radius 2 is 1.29 bits per heavy atom. The number of anilines is 1. The van der Waals surface area contributed by atoms with E-state index >= 15 is 0 Å². The summed E-state index contributed by atoms with van der Waals surface area (Å²) >= 11 is 0. The van der Waals surface area contributed by atoms with Crippen LogP contribution in [0, 0.1) is 0 Å². The van der Waals surface area contributed by atoms with E-state index in [1.165, 1.54) is 11.8 Å². The summed E-state index contributed by atoms with van der Waals surface area (Å²) in [6, 6.07) is 9.24. The molecule has 1 aliphatic rings. The number of pyridine rings is 1. The molecule has 0 radical (unpaired) electrons. The molecule has 2 heterocycles. The summed E-state index contributed by atoms with van der Waals surface area (Å²) in [4.78, 5) is 57.4. The maximum absolute atomic E-state index is 12.5. The zero-order chi connectivity index (χ0) is 30.1. The number of carboxylic acid groups (broad SMARTS) is 4. The van der Waals surface area contributed by atoms with E-state index in [1.807, 2.05) is 12.1 Å². The van der Waals surface area contributed by atoms with Gasteiger partial charge in [0, 0.05) is 45.0 Å². The zero-order valence-electron chi connectivity index (χ0n) is 22.9. The molecule has 3 unspecified atom stereocenters. The standard InChI is InChI=1S/C28H37N5O8/c1-18(26(36)37)31-11-13-32(23(27(38)39)10-7-19-5-8-20(29)9-6-19)16-21-3-2-4-22(30-21)17-33(14-12-31)24(28(40)41)15-25(34)35/h2-6,8-9,18,23-24H,7,10-17,29H2,1H3,(H,34,35)(H,36,37)(H,38,39)(H,40,41). The molecular weight excluding hydrogens is 534 g/mol. The average Bonchev–Trinajstić information content (AvgIpc) is 2.90. The SMILES string of the molecule is CC(C(=O)O)N1CCN(C(CCc2ccc(N)cc2)C(=O)O)Cc2cccc(n2)CN(C(CC(=O)O)C(=O)O)CC1. The maximum atomic E-state index is 12.5. The molecule has 0 fully saturated rings. The van der Waals surface area contributed by atoms with Crippen LogP contribution < -0.4 is 5.73 Å².